The van der Waals surface area contributed by atoms with Crippen LogP contribution >= 0.6 is 0 Å². The van der Waals surface area contributed by atoms with Gasteiger partial charge in [0.05, 0.1) is 7.11 Å². The summed E-state index contributed by atoms with van der Waals surface area (Å²) in [4.78, 5) is 15.8. The number of halogens is 2. The number of amides is 1. The van der Waals surface area contributed by atoms with Crippen LogP contribution in [0.3, 0.4) is 0 Å². The van der Waals surface area contributed by atoms with E-state index in [0.717, 1.165) is 23.3 Å². The van der Waals surface area contributed by atoms with Crippen molar-refractivity contribution in [1.82, 2.24) is 4.98 Å². The standard InChI is InChI=1S/C24H18F2N2O4/c1-30-16-9-7-14(8-10-16)22-23(15-5-3-2-4-6-15)32-19(28-22)13-31-18-12-11-17(25)20(21(18)26)24(27)29/h2-12H,13H2,1H3,(H2,27,29). The fourth-order valence-corrected chi connectivity index (χ4v) is 3.17. The summed E-state index contributed by atoms with van der Waals surface area (Å²) in [7, 11) is 1.58. The number of benzene rings is 3. The van der Waals surface area contributed by atoms with E-state index in [4.69, 9.17) is 19.6 Å². The molecule has 162 valence electrons. The number of rotatable bonds is 7. The van der Waals surface area contributed by atoms with Crippen LogP contribution in [0.25, 0.3) is 22.6 Å². The van der Waals surface area contributed by atoms with Crippen molar-refractivity contribution < 1.29 is 27.5 Å². The zero-order valence-electron chi connectivity index (χ0n) is 17.0. The van der Waals surface area contributed by atoms with Crippen molar-refractivity contribution in [1.29, 1.82) is 0 Å². The van der Waals surface area contributed by atoms with Gasteiger partial charge in [-0.15, -0.1) is 0 Å². The Balaban J connectivity index is 1.68. The molecule has 32 heavy (non-hydrogen) atoms. The zero-order valence-corrected chi connectivity index (χ0v) is 17.0. The first-order chi connectivity index (χ1) is 15.5. The summed E-state index contributed by atoms with van der Waals surface area (Å²) in [6, 6.07) is 18.6. The van der Waals surface area contributed by atoms with Gasteiger partial charge in [-0.2, -0.15) is 0 Å². The molecule has 0 unspecified atom stereocenters. The summed E-state index contributed by atoms with van der Waals surface area (Å²) in [6.07, 6.45) is 0. The van der Waals surface area contributed by atoms with E-state index in [1.807, 2.05) is 42.5 Å². The Morgan fingerprint density at radius 2 is 1.72 bits per heavy atom. The molecule has 0 saturated carbocycles. The minimum Gasteiger partial charge on any atom is -0.497 e. The lowest BCUT2D eigenvalue weighted by Gasteiger charge is -2.08. The second-order valence-electron chi connectivity index (χ2n) is 6.77. The second-order valence-corrected chi connectivity index (χ2v) is 6.77. The van der Waals surface area contributed by atoms with Crippen molar-refractivity contribution in [2.75, 3.05) is 7.11 Å². The van der Waals surface area contributed by atoms with E-state index in [1.165, 1.54) is 0 Å². The summed E-state index contributed by atoms with van der Waals surface area (Å²) >= 11 is 0. The highest BCUT2D eigenvalue weighted by Gasteiger charge is 2.21. The highest BCUT2D eigenvalue weighted by Crippen LogP contribution is 2.34. The zero-order chi connectivity index (χ0) is 22.7. The fourth-order valence-electron chi connectivity index (χ4n) is 3.17. The Hall–Kier alpha value is -4.20. The average molecular weight is 436 g/mol. The van der Waals surface area contributed by atoms with Crippen LogP contribution in [-0.4, -0.2) is 18.0 Å². The third kappa shape index (κ3) is 4.15. The lowest BCUT2D eigenvalue weighted by Crippen LogP contribution is -2.16. The molecule has 0 saturated heterocycles. The van der Waals surface area contributed by atoms with Gasteiger partial charge in [-0.05, 0) is 36.4 Å². The van der Waals surface area contributed by atoms with Crippen molar-refractivity contribution in [2.24, 2.45) is 5.73 Å². The van der Waals surface area contributed by atoms with E-state index in [9.17, 15) is 13.6 Å². The van der Waals surface area contributed by atoms with E-state index >= 15 is 0 Å². The van der Waals surface area contributed by atoms with Gasteiger partial charge in [0.2, 0.25) is 5.89 Å². The molecule has 0 bridgehead atoms. The molecule has 6 nitrogen and oxygen atoms in total. The smallest absolute Gasteiger partial charge is 0.254 e. The number of methoxy groups -OCH3 is 1. The van der Waals surface area contributed by atoms with E-state index in [0.29, 0.717) is 17.2 Å². The predicted octanol–water partition coefficient (Wildman–Crippen LogP) is 4.97. The van der Waals surface area contributed by atoms with Crippen LogP contribution in [0.15, 0.2) is 71.1 Å². The summed E-state index contributed by atoms with van der Waals surface area (Å²) in [5.74, 6) is -2.44. The van der Waals surface area contributed by atoms with Crippen LogP contribution < -0.4 is 15.2 Å². The van der Waals surface area contributed by atoms with Crippen molar-refractivity contribution in [2.45, 2.75) is 6.61 Å². The monoisotopic (exact) mass is 436 g/mol. The quantitative estimate of drug-likeness (QED) is 0.442. The SMILES string of the molecule is COc1ccc(-c2nc(COc3ccc(F)c(C(N)=O)c3F)oc2-c2ccccc2)cc1. The summed E-state index contributed by atoms with van der Waals surface area (Å²) in [5, 5.41) is 0. The molecule has 0 fully saturated rings. The largest absolute Gasteiger partial charge is 0.497 e. The molecular weight excluding hydrogens is 418 g/mol. The molecule has 0 aliphatic rings. The first-order valence-corrected chi connectivity index (χ1v) is 9.58. The van der Waals surface area contributed by atoms with Gasteiger partial charge in [0.15, 0.2) is 23.9 Å². The Labute approximate surface area is 182 Å². The normalized spacial score (nSPS) is 10.7. The first-order valence-electron chi connectivity index (χ1n) is 9.58. The molecule has 1 heterocycles. The van der Waals surface area contributed by atoms with Gasteiger partial charge in [-0.3, -0.25) is 4.79 Å². The highest BCUT2D eigenvalue weighted by atomic mass is 19.1. The number of ether oxygens (including phenoxy) is 2. The molecular formula is C24H18F2N2O4. The minimum atomic E-state index is -1.23. The average Bonchev–Trinajstić information content (AvgIpc) is 3.23. The predicted molar refractivity (Wildman–Crippen MR) is 113 cm³/mol. The number of hydrogen-bond donors (Lipinski definition) is 1. The Morgan fingerprint density at radius 3 is 2.38 bits per heavy atom. The van der Waals surface area contributed by atoms with Gasteiger partial charge in [0.25, 0.3) is 5.91 Å². The van der Waals surface area contributed by atoms with Gasteiger partial charge in [0.1, 0.15) is 22.8 Å². The van der Waals surface area contributed by atoms with Gasteiger partial charge < -0.3 is 19.6 Å². The Morgan fingerprint density at radius 1 is 1.00 bits per heavy atom. The maximum Gasteiger partial charge on any atom is 0.254 e. The number of oxazole rings is 1. The van der Waals surface area contributed by atoms with Crippen molar-refractivity contribution in [3.63, 3.8) is 0 Å². The summed E-state index contributed by atoms with van der Waals surface area (Å²) in [6.45, 7) is -0.253. The van der Waals surface area contributed by atoms with Crippen LogP contribution in [0.1, 0.15) is 16.2 Å². The van der Waals surface area contributed by atoms with Crippen molar-refractivity contribution in [3.8, 4) is 34.1 Å². The van der Waals surface area contributed by atoms with Gasteiger partial charge in [-0.25, -0.2) is 13.8 Å². The van der Waals surface area contributed by atoms with Crippen LogP contribution in [0, 0.1) is 11.6 Å². The van der Waals surface area contributed by atoms with E-state index < -0.39 is 23.1 Å². The number of nitrogens with zero attached hydrogens (tertiary/aromatic N) is 1. The lowest BCUT2D eigenvalue weighted by atomic mass is 10.1. The number of carbonyl (C=O) groups is 1. The molecule has 4 aromatic rings. The molecule has 0 aliphatic heterocycles. The van der Waals surface area contributed by atoms with E-state index in [2.05, 4.69) is 4.98 Å². The lowest BCUT2D eigenvalue weighted by molar-refractivity contribution is 0.0991. The van der Waals surface area contributed by atoms with Crippen LogP contribution in [0.4, 0.5) is 8.78 Å². The van der Waals surface area contributed by atoms with E-state index in [-0.39, 0.29) is 18.2 Å². The van der Waals surface area contributed by atoms with Crippen LogP contribution in [-0.2, 0) is 6.61 Å². The number of nitrogens with two attached hydrogens (primary N) is 1. The van der Waals surface area contributed by atoms with Gasteiger partial charge in [0, 0.05) is 11.1 Å². The fraction of sp³-hybridized carbons (Fsp3) is 0.0833. The molecule has 3 aromatic carbocycles. The van der Waals surface area contributed by atoms with Crippen molar-refractivity contribution >= 4 is 5.91 Å². The number of aromatic nitrogens is 1. The second kappa shape index (κ2) is 8.89. The molecule has 0 radical (unpaired) electrons. The highest BCUT2D eigenvalue weighted by molar-refractivity contribution is 5.93. The van der Waals surface area contributed by atoms with E-state index in [1.54, 1.807) is 19.2 Å². The Kier molecular flexibility index (Phi) is 5.85. The molecule has 4 rings (SSSR count). The summed E-state index contributed by atoms with van der Waals surface area (Å²) < 4.78 is 44.7. The Bertz CT molecular complexity index is 1260. The molecule has 1 amide bonds. The first kappa shape index (κ1) is 21.0. The molecule has 0 atom stereocenters. The molecule has 0 aliphatic carbocycles. The van der Waals surface area contributed by atoms with Crippen molar-refractivity contribution in [3.05, 3.63) is 89.8 Å². The molecule has 0 spiro atoms. The molecule has 1 aromatic heterocycles. The van der Waals surface area contributed by atoms with Gasteiger partial charge in [-0.1, -0.05) is 30.3 Å². The number of carbonyl (C=O) groups excluding carboxylic acids is 1. The maximum atomic E-state index is 14.4. The third-order valence-corrected chi connectivity index (χ3v) is 4.72. The molecule has 8 heteroatoms. The number of hydrogen-bond acceptors (Lipinski definition) is 5. The van der Waals surface area contributed by atoms with Crippen LogP contribution in [0.2, 0.25) is 0 Å². The minimum absolute atomic E-state index is 0.166. The topological polar surface area (TPSA) is 87.6 Å². The number of primary amides is 1. The summed E-state index contributed by atoms with van der Waals surface area (Å²) in [5.41, 5.74) is 6.33. The van der Waals surface area contributed by atoms with Crippen LogP contribution in [0.5, 0.6) is 11.5 Å². The maximum absolute atomic E-state index is 14.4. The van der Waals surface area contributed by atoms with Gasteiger partial charge >= 0.3 is 0 Å². The molecule has 2 N–H and O–H groups in total. The third-order valence-electron chi connectivity index (χ3n) is 4.72.